The summed E-state index contributed by atoms with van der Waals surface area (Å²) in [6, 6.07) is 7.95. The summed E-state index contributed by atoms with van der Waals surface area (Å²) >= 11 is 3.64. The van der Waals surface area contributed by atoms with Gasteiger partial charge in [0.2, 0.25) is 5.13 Å². The molecule has 8 nitrogen and oxygen atoms in total. The first-order valence-electron chi connectivity index (χ1n) is 7.69. The number of nitrogens with zero attached hydrogens (tertiary/aromatic N) is 3. The Hall–Kier alpha value is -2.50. The molecule has 0 fully saturated rings. The molecule has 27 heavy (non-hydrogen) atoms. The SMILES string of the molecule is Cc1ccc(-c2csc(NC(=O)COC(=O)CSc3nnc(N)s3)n2)cc1. The lowest BCUT2D eigenvalue weighted by atomic mass is 10.1. The van der Waals surface area contributed by atoms with Crippen LogP contribution >= 0.6 is 34.4 Å². The number of nitrogens with one attached hydrogen (secondary N) is 1. The van der Waals surface area contributed by atoms with Gasteiger partial charge in [0.15, 0.2) is 16.1 Å². The number of anilines is 2. The summed E-state index contributed by atoms with van der Waals surface area (Å²) in [5.41, 5.74) is 8.37. The number of thiazole rings is 1. The van der Waals surface area contributed by atoms with Crippen molar-refractivity contribution in [2.75, 3.05) is 23.4 Å². The van der Waals surface area contributed by atoms with Crippen LogP contribution in [0.15, 0.2) is 34.0 Å². The minimum atomic E-state index is -0.525. The number of benzene rings is 1. The largest absolute Gasteiger partial charge is 0.455 e. The molecule has 2 aromatic heterocycles. The number of rotatable bonds is 7. The van der Waals surface area contributed by atoms with Crippen LogP contribution in [0.4, 0.5) is 10.3 Å². The second kappa shape index (κ2) is 8.93. The molecule has 0 spiro atoms. The van der Waals surface area contributed by atoms with Crippen LogP contribution in [0, 0.1) is 6.92 Å². The molecule has 0 atom stereocenters. The van der Waals surface area contributed by atoms with E-state index < -0.39 is 11.9 Å². The average Bonchev–Trinajstić information content (AvgIpc) is 3.28. The molecule has 1 amide bonds. The normalized spacial score (nSPS) is 10.6. The van der Waals surface area contributed by atoms with E-state index in [1.807, 2.05) is 36.6 Å². The highest BCUT2D eigenvalue weighted by atomic mass is 32.2. The van der Waals surface area contributed by atoms with Crippen LogP contribution in [0.2, 0.25) is 0 Å². The molecule has 2 heterocycles. The number of carbonyl (C=O) groups is 2. The lowest BCUT2D eigenvalue weighted by molar-refractivity contribution is -0.144. The molecule has 0 unspecified atom stereocenters. The summed E-state index contributed by atoms with van der Waals surface area (Å²) in [5.74, 6) is -0.946. The van der Waals surface area contributed by atoms with Crippen LogP contribution in [-0.4, -0.2) is 39.4 Å². The fraction of sp³-hybridized carbons (Fsp3) is 0.188. The molecule has 0 aliphatic heterocycles. The van der Waals surface area contributed by atoms with Crippen molar-refractivity contribution in [2.45, 2.75) is 11.3 Å². The summed E-state index contributed by atoms with van der Waals surface area (Å²) in [6.07, 6.45) is 0. The maximum atomic E-state index is 11.9. The summed E-state index contributed by atoms with van der Waals surface area (Å²) in [5, 5.41) is 12.7. The fourth-order valence-corrected chi connectivity index (χ4v) is 4.10. The molecule has 3 aromatic rings. The standard InChI is InChI=1S/C16H15N5O3S3/c1-9-2-4-10(5-3-9)11-7-25-15(18-11)19-12(22)6-24-13(23)8-26-16-21-20-14(17)27-16/h2-5,7H,6,8H2,1H3,(H2,17,20)(H,18,19,22). The fourth-order valence-electron chi connectivity index (χ4n) is 1.93. The van der Waals surface area contributed by atoms with E-state index in [4.69, 9.17) is 10.5 Å². The van der Waals surface area contributed by atoms with Gasteiger partial charge in [-0.2, -0.15) is 0 Å². The molecule has 0 bridgehead atoms. The summed E-state index contributed by atoms with van der Waals surface area (Å²) in [6.45, 7) is 1.64. The number of ether oxygens (including phenoxy) is 1. The number of nitrogen functional groups attached to an aromatic ring is 1. The number of hydrogen-bond acceptors (Lipinski definition) is 10. The highest BCUT2D eigenvalue weighted by Gasteiger charge is 2.12. The predicted molar refractivity (Wildman–Crippen MR) is 107 cm³/mol. The van der Waals surface area contributed by atoms with Crippen molar-refractivity contribution >= 4 is 56.6 Å². The lowest BCUT2D eigenvalue weighted by Gasteiger charge is -2.03. The first-order valence-corrected chi connectivity index (χ1v) is 10.4. The van der Waals surface area contributed by atoms with E-state index in [0.717, 1.165) is 28.6 Å². The molecule has 1 aromatic carbocycles. The summed E-state index contributed by atoms with van der Waals surface area (Å²) < 4.78 is 5.51. The quantitative estimate of drug-likeness (QED) is 0.441. The van der Waals surface area contributed by atoms with Gasteiger partial charge in [-0.3, -0.25) is 14.9 Å². The van der Waals surface area contributed by atoms with Gasteiger partial charge in [-0.1, -0.05) is 52.9 Å². The maximum absolute atomic E-state index is 11.9. The van der Waals surface area contributed by atoms with Gasteiger partial charge in [0.1, 0.15) is 0 Å². The Morgan fingerprint density at radius 3 is 2.74 bits per heavy atom. The molecule has 0 aliphatic rings. The number of hydrogen-bond donors (Lipinski definition) is 2. The van der Waals surface area contributed by atoms with Crippen molar-refractivity contribution in [1.82, 2.24) is 15.2 Å². The zero-order valence-electron chi connectivity index (χ0n) is 14.2. The molecule has 0 radical (unpaired) electrons. The van der Waals surface area contributed by atoms with Gasteiger partial charge >= 0.3 is 5.97 Å². The zero-order valence-corrected chi connectivity index (χ0v) is 16.6. The van der Waals surface area contributed by atoms with Crippen molar-refractivity contribution < 1.29 is 14.3 Å². The van der Waals surface area contributed by atoms with Crippen LogP contribution < -0.4 is 11.1 Å². The number of aromatic nitrogens is 3. The predicted octanol–water partition coefficient (Wildman–Crippen LogP) is 2.83. The van der Waals surface area contributed by atoms with Gasteiger partial charge in [-0.25, -0.2) is 4.98 Å². The number of carbonyl (C=O) groups excluding carboxylic acids is 2. The number of amides is 1. The Morgan fingerprint density at radius 2 is 2.04 bits per heavy atom. The van der Waals surface area contributed by atoms with Crippen molar-refractivity contribution in [3.05, 3.63) is 35.2 Å². The van der Waals surface area contributed by atoms with Gasteiger partial charge in [0, 0.05) is 10.9 Å². The van der Waals surface area contributed by atoms with Crippen LogP contribution in [0.1, 0.15) is 5.56 Å². The highest BCUT2D eigenvalue weighted by Crippen LogP contribution is 2.25. The number of thioether (sulfide) groups is 1. The number of nitrogens with two attached hydrogens (primary N) is 1. The Balaban J connectivity index is 1.44. The van der Waals surface area contributed by atoms with Crippen molar-refractivity contribution in [3.63, 3.8) is 0 Å². The Bertz CT molecular complexity index is 939. The van der Waals surface area contributed by atoms with E-state index in [9.17, 15) is 9.59 Å². The van der Waals surface area contributed by atoms with Crippen LogP contribution in [0.5, 0.6) is 0 Å². The smallest absolute Gasteiger partial charge is 0.316 e. The van der Waals surface area contributed by atoms with Gasteiger partial charge in [-0.05, 0) is 6.92 Å². The van der Waals surface area contributed by atoms with Gasteiger partial charge in [0.25, 0.3) is 5.91 Å². The number of aryl methyl sites for hydroxylation is 1. The monoisotopic (exact) mass is 421 g/mol. The second-order valence-corrected chi connectivity index (χ2v) is 8.40. The Kier molecular flexibility index (Phi) is 6.37. The van der Waals surface area contributed by atoms with Crippen molar-refractivity contribution in [3.8, 4) is 11.3 Å². The van der Waals surface area contributed by atoms with E-state index in [1.165, 1.54) is 22.7 Å². The van der Waals surface area contributed by atoms with E-state index >= 15 is 0 Å². The van der Waals surface area contributed by atoms with Gasteiger partial charge in [-0.15, -0.1) is 21.5 Å². The molecule has 0 aliphatic carbocycles. The van der Waals surface area contributed by atoms with Crippen LogP contribution in [-0.2, 0) is 14.3 Å². The highest BCUT2D eigenvalue weighted by molar-refractivity contribution is 8.01. The van der Waals surface area contributed by atoms with E-state index in [2.05, 4.69) is 20.5 Å². The molecular weight excluding hydrogens is 406 g/mol. The Morgan fingerprint density at radius 1 is 1.26 bits per heavy atom. The minimum absolute atomic E-state index is 0.0245. The average molecular weight is 422 g/mol. The topological polar surface area (TPSA) is 120 Å². The maximum Gasteiger partial charge on any atom is 0.316 e. The zero-order chi connectivity index (χ0) is 19.2. The minimum Gasteiger partial charge on any atom is -0.455 e. The third-order valence-corrected chi connectivity index (χ3v) is 5.81. The third-order valence-electron chi connectivity index (χ3n) is 3.20. The molecule has 140 valence electrons. The molecule has 0 saturated carbocycles. The van der Waals surface area contributed by atoms with Gasteiger partial charge < -0.3 is 10.5 Å². The van der Waals surface area contributed by atoms with Gasteiger partial charge in [0.05, 0.1) is 11.4 Å². The van der Waals surface area contributed by atoms with Crippen LogP contribution in [0.25, 0.3) is 11.3 Å². The van der Waals surface area contributed by atoms with E-state index in [-0.39, 0.29) is 12.4 Å². The third kappa shape index (κ3) is 5.74. The molecule has 0 saturated heterocycles. The van der Waals surface area contributed by atoms with Crippen molar-refractivity contribution in [2.24, 2.45) is 0 Å². The first kappa shape index (κ1) is 19.3. The van der Waals surface area contributed by atoms with Crippen LogP contribution in [0.3, 0.4) is 0 Å². The lowest BCUT2D eigenvalue weighted by Crippen LogP contribution is -2.21. The summed E-state index contributed by atoms with van der Waals surface area (Å²) in [4.78, 5) is 28.0. The van der Waals surface area contributed by atoms with E-state index in [0.29, 0.717) is 14.6 Å². The Labute approximate surface area is 167 Å². The molecular formula is C16H15N5O3S3. The molecule has 3 N–H and O–H groups in total. The van der Waals surface area contributed by atoms with E-state index in [1.54, 1.807) is 0 Å². The van der Waals surface area contributed by atoms with Crippen molar-refractivity contribution in [1.29, 1.82) is 0 Å². The number of esters is 1. The second-order valence-electron chi connectivity index (χ2n) is 5.31. The first-order chi connectivity index (χ1) is 13.0. The molecule has 3 rings (SSSR count). The summed E-state index contributed by atoms with van der Waals surface area (Å²) in [7, 11) is 0. The molecule has 11 heteroatoms.